The van der Waals surface area contributed by atoms with E-state index in [1.165, 1.54) is 24.5 Å². The van der Waals surface area contributed by atoms with Gasteiger partial charge in [-0.25, -0.2) is 14.6 Å². The summed E-state index contributed by atoms with van der Waals surface area (Å²) in [4.78, 5) is 21.8. The van der Waals surface area contributed by atoms with Crippen molar-refractivity contribution in [3.05, 3.63) is 72.8 Å². The lowest BCUT2D eigenvalue weighted by Crippen LogP contribution is -2.28. The number of carbonyl (C=O) groups excluding carboxylic acids is 1. The van der Waals surface area contributed by atoms with Crippen molar-refractivity contribution >= 4 is 5.91 Å². The van der Waals surface area contributed by atoms with E-state index >= 15 is 0 Å². The normalized spacial score (nSPS) is 18.7. The Kier molecular flexibility index (Phi) is 5.99. The van der Waals surface area contributed by atoms with Gasteiger partial charge < -0.3 is 9.64 Å². The Bertz CT molecular complexity index is 1080. The van der Waals surface area contributed by atoms with E-state index in [1.807, 2.05) is 0 Å². The lowest BCUT2D eigenvalue weighted by atomic mass is 10.1. The lowest BCUT2D eigenvalue weighted by molar-refractivity contribution is -0.137. The molecule has 1 fully saturated rings. The Hall–Kier alpha value is -3.60. The zero-order valence-corrected chi connectivity index (χ0v) is 16.8. The topological polar surface area (TPSA) is 86.0 Å². The number of alkyl halides is 3. The Morgan fingerprint density at radius 1 is 1.19 bits per heavy atom. The highest BCUT2D eigenvalue weighted by Gasteiger charge is 2.37. The molecule has 1 aromatic carbocycles. The van der Waals surface area contributed by atoms with Crippen molar-refractivity contribution in [2.75, 3.05) is 13.1 Å². The largest absolute Gasteiger partial charge is 0.416 e. The molecule has 3 aromatic rings. The number of hydrogen-bond donors (Lipinski definition) is 0. The minimum atomic E-state index is -4.39. The molecule has 11 heteroatoms. The van der Waals surface area contributed by atoms with E-state index in [-0.39, 0.29) is 18.6 Å². The van der Waals surface area contributed by atoms with E-state index in [2.05, 4.69) is 26.9 Å². The number of hydrogen-bond acceptors (Lipinski definition) is 6. The summed E-state index contributed by atoms with van der Waals surface area (Å²) < 4.78 is 45.9. The van der Waals surface area contributed by atoms with Crippen LogP contribution in [-0.2, 0) is 22.3 Å². The molecule has 32 heavy (non-hydrogen) atoms. The fourth-order valence-corrected chi connectivity index (χ4v) is 3.48. The first-order valence-corrected chi connectivity index (χ1v) is 9.72. The molecule has 0 saturated carbocycles. The Morgan fingerprint density at radius 3 is 2.62 bits per heavy atom. The maximum Gasteiger partial charge on any atom is 0.416 e. The van der Waals surface area contributed by atoms with Crippen LogP contribution in [0.4, 0.5) is 13.2 Å². The number of benzene rings is 1. The molecule has 4 rings (SSSR count). The van der Waals surface area contributed by atoms with Gasteiger partial charge in [-0.05, 0) is 29.8 Å². The van der Waals surface area contributed by atoms with E-state index < -0.39 is 17.8 Å². The van der Waals surface area contributed by atoms with Crippen LogP contribution in [0.5, 0.6) is 0 Å². The predicted octanol–water partition coefficient (Wildman–Crippen LogP) is 2.91. The molecule has 0 unspecified atom stereocenters. The predicted molar refractivity (Wildman–Crippen MR) is 107 cm³/mol. The minimum Gasteiger partial charge on any atom is -0.369 e. The van der Waals surface area contributed by atoms with Crippen molar-refractivity contribution < 1.29 is 22.7 Å². The van der Waals surface area contributed by atoms with Crippen molar-refractivity contribution in [2.45, 2.75) is 24.9 Å². The summed E-state index contributed by atoms with van der Waals surface area (Å²) >= 11 is 0. The molecule has 0 N–H and O–H groups in total. The number of likely N-dealkylation sites (tertiary alicyclic amines) is 1. The van der Waals surface area contributed by atoms with Crippen LogP contribution in [0.3, 0.4) is 0 Å². The second-order valence-corrected chi connectivity index (χ2v) is 7.24. The monoisotopic (exact) mass is 444 g/mol. The van der Waals surface area contributed by atoms with Gasteiger partial charge in [0.25, 0.3) is 0 Å². The van der Waals surface area contributed by atoms with Gasteiger partial charge in [0, 0.05) is 19.3 Å². The first-order chi connectivity index (χ1) is 15.3. The van der Waals surface area contributed by atoms with Gasteiger partial charge in [0.15, 0.2) is 0 Å². The van der Waals surface area contributed by atoms with Crippen molar-refractivity contribution in [1.82, 2.24) is 29.9 Å². The maximum atomic E-state index is 12.8. The third kappa shape index (κ3) is 4.67. The second kappa shape index (κ2) is 8.87. The summed E-state index contributed by atoms with van der Waals surface area (Å²) in [6.45, 7) is 4.23. The van der Waals surface area contributed by atoms with Gasteiger partial charge in [-0.3, -0.25) is 4.79 Å². The molecule has 0 radical (unpaired) electrons. The molecule has 1 saturated heterocycles. The van der Waals surface area contributed by atoms with Crippen LogP contribution in [0.25, 0.3) is 11.4 Å². The standard InChI is InChI=1S/C21H19F3N6O2/c1-2-20(31)29-10-18(30-9-17(27-28-30)16-7-8-25-13-26-16)19(11-29)32-12-14-3-5-15(6-4-14)21(22,23)24/h2-9,13,18-19H,1,10-12H2/t18-,19-/m1/s1. The fraction of sp³-hybridized carbons (Fsp3) is 0.286. The van der Waals surface area contributed by atoms with E-state index in [4.69, 9.17) is 4.74 Å². The third-order valence-corrected chi connectivity index (χ3v) is 5.16. The van der Waals surface area contributed by atoms with Crippen LogP contribution in [0.1, 0.15) is 17.2 Å². The van der Waals surface area contributed by atoms with Crippen LogP contribution in [0.2, 0.25) is 0 Å². The zero-order chi connectivity index (χ0) is 22.7. The Balaban J connectivity index is 1.50. The molecule has 1 aliphatic heterocycles. The third-order valence-electron chi connectivity index (χ3n) is 5.16. The van der Waals surface area contributed by atoms with Gasteiger partial charge in [-0.1, -0.05) is 23.9 Å². The molecule has 1 amide bonds. The first kappa shape index (κ1) is 21.6. The average molecular weight is 444 g/mol. The van der Waals surface area contributed by atoms with E-state index in [0.717, 1.165) is 12.1 Å². The van der Waals surface area contributed by atoms with Crippen LogP contribution in [-0.4, -0.2) is 55.0 Å². The molecule has 3 heterocycles. The molecule has 0 spiro atoms. The summed E-state index contributed by atoms with van der Waals surface area (Å²) in [5.74, 6) is -0.244. The van der Waals surface area contributed by atoms with E-state index in [9.17, 15) is 18.0 Å². The SMILES string of the molecule is C=CC(=O)N1C[C@@H](n2cc(-c3ccncn3)nn2)[C@H](OCc2ccc(C(F)(F)F)cc2)C1. The van der Waals surface area contributed by atoms with Gasteiger partial charge in [0.2, 0.25) is 5.91 Å². The van der Waals surface area contributed by atoms with Gasteiger partial charge in [-0.2, -0.15) is 13.2 Å². The lowest BCUT2D eigenvalue weighted by Gasteiger charge is -2.18. The number of amides is 1. The number of rotatable bonds is 6. The van der Waals surface area contributed by atoms with Crippen molar-refractivity contribution in [3.63, 3.8) is 0 Å². The molecule has 0 aliphatic carbocycles. The second-order valence-electron chi connectivity index (χ2n) is 7.24. The number of ether oxygens (including phenoxy) is 1. The van der Waals surface area contributed by atoms with Gasteiger partial charge in [-0.15, -0.1) is 5.10 Å². The Labute approximate surface area is 181 Å². The van der Waals surface area contributed by atoms with E-state index in [1.54, 1.807) is 28.0 Å². The van der Waals surface area contributed by atoms with Gasteiger partial charge in [0.05, 0.1) is 36.2 Å². The van der Waals surface area contributed by atoms with Crippen LogP contribution >= 0.6 is 0 Å². The molecule has 8 nitrogen and oxygen atoms in total. The van der Waals surface area contributed by atoms with E-state index in [0.29, 0.717) is 30.0 Å². The average Bonchev–Trinajstić information content (AvgIpc) is 3.45. The Morgan fingerprint density at radius 2 is 1.97 bits per heavy atom. The quantitative estimate of drug-likeness (QED) is 0.544. The molecule has 1 aliphatic rings. The highest BCUT2D eigenvalue weighted by molar-refractivity contribution is 5.87. The highest BCUT2D eigenvalue weighted by atomic mass is 19.4. The molecule has 0 bridgehead atoms. The van der Waals surface area contributed by atoms with Crippen LogP contribution in [0, 0.1) is 0 Å². The molecule has 2 atom stereocenters. The van der Waals surface area contributed by atoms with Crippen LogP contribution in [0.15, 0.2) is 61.7 Å². The zero-order valence-electron chi connectivity index (χ0n) is 16.8. The number of carbonyl (C=O) groups is 1. The summed E-state index contributed by atoms with van der Waals surface area (Å²) in [5.41, 5.74) is 1.01. The number of aromatic nitrogens is 5. The summed E-state index contributed by atoms with van der Waals surface area (Å²) in [7, 11) is 0. The van der Waals surface area contributed by atoms with Crippen molar-refractivity contribution in [3.8, 4) is 11.4 Å². The number of halogens is 3. The fourth-order valence-electron chi connectivity index (χ4n) is 3.48. The maximum absolute atomic E-state index is 12.8. The summed E-state index contributed by atoms with van der Waals surface area (Å²) in [6.07, 6.45) is 1.10. The molecule has 2 aromatic heterocycles. The van der Waals surface area contributed by atoms with Crippen LogP contribution < -0.4 is 0 Å². The summed E-state index contributed by atoms with van der Waals surface area (Å²) in [6, 6.07) is 6.16. The molecular weight excluding hydrogens is 425 g/mol. The molecule has 166 valence electrons. The smallest absolute Gasteiger partial charge is 0.369 e. The minimum absolute atomic E-state index is 0.0862. The summed E-state index contributed by atoms with van der Waals surface area (Å²) in [5, 5.41) is 8.32. The molecular formula is C21H19F3N6O2. The van der Waals surface area contributed by atoms with Crippen molar-refractivity contribution in [1.29, 1.82) is 0 Å². The number of nitrogens with zero attached hydrogens (tertiary/aromatic N) is 6. The van der Waals surface area contributed by atoms with Gasteiger partial charge >= 0.3 is 6.18 Å². The first-order valence-electron chi connectivity index (χ1n) is 9.72. The highest BCUT2D eigenvalue weighted by Crippen LogP contribution is 2.30. The van der Waals surface area contributed by atoms with Crippen molar-refractivity contribution in [2.24, 2.45) is 0 Å². The van der Waals surface area contributed by atoms with Gasteiger partial charge in [0.1, 0.15) is 12.0 Å².